The van der Waals surface area contributed by atoms with Crippen molar-refractivity contribution in [2.45, 2.75) is 39.5 Å². The van der Waals surface area contributed by atoms with Crippen LogP contribution in [0.25, 0.3) is 10.9 Å². The molecule has 0 spiro atoms. The van der Waals surface area contributed by atoms with Crippen molar-refractivity contribution in [3.63, 3.8) is 0 Å². The first-order valence-electron chi connectivity index (χ1n) is 10.3. The van der Waals surface area contributed by atoms with Crippen molar-refractivity contribution in [3.8, 4) is 5.75 Å². The summed E-state index contributed by atoms with van der Waals surface area (Å²) in [5.74, 6) is 0.637. The van der Waals surface area contributed by atoms with Crippen LogP contribution < -0.4 is 9.64 Å². The molecule has 4 rings (SSSR count). The third-order valence-electron chi connectivity index (χ3n) is 5.46. The first-order valence-corrected chi connectivity index (χ1v) is 10.7. The minimum Gasteiger partial charge on any atom is -0.492 e. The van der Waals surface area contributed by atoms with E-state index in [-0.39, 0.29) is 5.91 Å². The van der Waals surface area contributed by atoms with Crippen molar-refractivity contribution in [1.29, 1.82) is 0 Å². The highest BCUT2D eigenvalue weighted by Gasteiger charge is 2.22. The number of benzene rings is 2. The summed E-state index contributed by atoms with van der Waals surface area (Å²) in [6.45, 7) is 4.99. The maximum atomic E-state index is 13.4. The Bertz CT molecular complexity index is 1060. The lowest BCUT2D eigenvalue weighted by atomic mass is 9.94. The third kappa shape index (κ3) is 3.69. The van der Waals surface area contributed by atoms with Gasteiger partial charge in [0.05, 0.1) is 22.8 Å². The predicted octanol–water partition coefficient (Wildman–Crippen LogP) is 5.83. The Morgan fingerprint density at radius 1 is 1.14 bits per heavy atom. The number of pyridine rings is 1. The molecular weight excluding hydrogens is 384 g/mol. The molecular formula is C24H25ClN2O2. The summed E-state index contributed by atoms with van der Waals surface area (Å²) < 4.78 is 5.73. The largest absolute Gasteiger partial charge is 0.492 e. The zero-order valence-corrected chi connectivity index (χ0v) is 17.6. The summed E-state index contributed by atoms with van der Waals surface area (Å²) in [5.41, 5.74) is 4.41. The van der Waals surface area contributed by atoms with Gasteiger partial charge in [-0.3, -0.25) is 9.78 Å². The van der Waals surface area contributed by atoms with E-state index in [0.717, 1.165) is 53.0 Å². The maximum absolute atomic E-state index is 13.4. The van der Waals surface area contributed by atoms with Gasteiger partial charge in [-0.15, -0.1) is 0 Å². The highest BCUT2D eigenvalue weighted by Crippen LogP contribution is 2.34. The highest BCUT2D eigenvalue weighted by molar-refractivity contribution is 6.36. The van der Waals surface area contributed by atoms with Crippen molar-refractivity contribution in [2.24, 2.45) is 0 Å². The minimum absolute atomic E-state index is 0.0720. The number of nitrogens with zero attached hydrogens (tertiary/aromatic N) is 2. The van der Waals surface area contributed by atoms with E-state index in [1.165, 1.54) is 5.56 Å². The van der Waals surface area contributed by atoms with Crippen molar-refractivity contribution < 1.29 is 9.53 Å². The fourth-order valence-corrected chi connectivity index (χ4v) is 4.40. The van der Waals surface area contributed by atoms with Crippen LogP contribution in [0.2, 0.25) is 5.02 Å². The van der Waals surface area contributed by atoms with Crippen LogP contribution in [0.4, 0.5) is 5.69 Å². The molecule has 2 aromatic carbocycles. The average molecular weight is 409 g/mol. The van der Waals surface area contributed by atoms with Gasteiger partial charge in [-0.1, -0.05) is 29.8 Å². The van der Waals surface area contributed by atoms with E-state index >= 15 is 0 Å². The molecule has 1 aliphatic carbocycles. The topological polar surface area (TPSA) is 42.4 Å². The SMILES string of the molecule is CCOc1ccccc1N(CC)C(=O)c1ccc2c(Cl)c3c(nc2c1)CCCC3. The number of carbonyl (C=O) groups is 1. The third-order valence-corrected chi connectivity index (χ3v) is 5.89. The van der Waals surface area contributed by atoms with Crippen LogP contribution in [0.5, 0.6) is 5.75 Å². The van der Waals surface area contributed by atoms with Crippen LogP contribution in [-0.2, 0) is 12.8 Å². The molecule has 29 heavy (non-hydrogen) atoms. The second kappa shape index (κ2) is 8.42. The number of hydrogen-bond acceptors (Lipinski definition) is 3. The van der Waals surface area contributed by atoms with Crippen LogP contribution in [0, 0.1) is 0 Å². The minimum atomic E-state index is -0.0720. The Morgan fingerprint density at radius 3 is 2.72 bits per heavy atom. The monoisotopic (exact) mass is 408 g/mol. The molecule has 0 atom stereocenters. The molecule has 0 fully saturated rings. The number of ether oxygens (including phenoxy) is 1. The highest BCUT2D eigenvalue weighted by atomic mass is 35.5. The molecule has 0 radical (unpaired) electrons. The number of rotatable bonds is 5. The number of carbonyl (C=O) groups excluding carboxylic acids is 1. The molecule has 0 unspecified atom stereocenters. The summed E-state index contributed by atoms with van der Waals surface area (Å²) in [4.78, 5) is 19.9. The molecule has 1 amide bonds. The van der Waals surface area contributed by atoms with Crippen molar-refractivity contribution >= 4 is 34.1 Å². The molecule has 1 aromatic heterocycles. The van der Waals surface area contributed by atoms with Gasteiger partial charge < -0.3 is 9.64 Å². The zero-order valence-electron chi connectivity index (χ0n) is 16.9. The van der Waals surface area contributed by atoms with Crippen LogP contribution in [0.1, 0.15) is 48.3 Å². The Balaban J connectivity index is 1.74. The number of aromatic nitrogens is 1. The van der Waals surface area contributed by atoms with E-state index in [1.807, 2.05) is 56.3 Å². The number of hydrogen-bond donors (Lipinski definition) is 0. The molecule has 0 bridgehead atoms. The summed E-state index contributed by atoms with van der Waals surface area (Å²) in [5, 5.41) is 1.71. The number of halogens is 1. The van der Waals surface area contributed by atoms with E-state index in [2.05, 4.69) is 0 Å². The lowest BCUT2D eigenvalue weighted by molar-refractivity contribution is 0.0987. The number of anilines is 1. The molecule has 1 heterocycles. The molecule has 0 saturated carbocycles. The molecule has 4 nitrogen and oxygen atoms in total. The van der Waals surface area contributed by atoms with Crippen LogP contribution in [0.3, 0.4) is 0 Å². The van der Waals surface area contributed by atoms with E-state index in [1.54, 1.807) is 4.90 Å². The first-order chi connectivity index (χ1) is 14.1. The van der Waals surface area contributed by atoms with Gasteiger partial charge in [0.1, 0.15) is 5.75 Å². The number of aryl methyl sites for hydroxylation is 1. The van der Waals surface area contributed by atoms with Crippen LogP contribution in [0.15, 0.2) is 42.5 Å². The van der Waals surface area contributed by atoms with Crippen molar-refractivity contribution in [3.05, 3.63) is 64.3 Å². The zero-order chi connectivity index (χ0) is 20.4. The number of amides is 1. The lowest BCUT2D eigenvalue weighted by Gasteiger charge is -2.24. The normalized spacial score (nSPS) is 13.2. The molecule has 0 N–H and O–H groups in total. The molecule has 1 aliphatic rings. The molecule has 0 saturated heterocycles. The fraction of sp³-hybridized carbons (Fsp3) is 0.333. The Kier molecular flexibility index (Phi) is 5.72. The summed E-state index contributed by atoms with van der Waals surface area (Å²) in [6.07, 6.45) is 4.22. The summed E-state index contributed by atoms with van der Waals surface area (Å²) in [6, 6.07) is 13.3. The van der Waals surface area contributed by atoms with E-state index < -0.39 is 0 Å². The van der Waals surface area contributed by atoms with Crippen molar-refractivity contribution in [2.75, 3.05) is 18.1 Å². The fourth-order valence-electron chi connectivity index (χ4n) is 4.04. The van der Waals surface area contributed by atoms with Crippen molar-refractivity contribution in [1.82, 2.24) is 4.98 Å². The van der Waals surface area contributed by atoms with Gasteiger partial charge in [0.25, 0.3) is 5.91 Å². The molecule has 150 valence electrons. The van der Waals surface area contributed by atoms with E-state index in [4.69, 9.17) is 21.3 Å². The summed E-state index contributed by atoms with van der Waals surface area (Å²) >= 11 is 6.68. The van der Waals surface area contributed by atoms with Gasteiger partial charge in [0.2, 0.25) is 0 Å². The number of fused-ring (bicyclic) bond motifs is 2. The number of para-hydroxylation sites is 2. The standard InChI is InChI=1S/C24H25ClN2O2/c1-3-27(21-11-7-8-12-22(21)29-4-2)24(28)16-13-14-18-20(15-16)26-19-10-6-5-9-17(19)23(18)25/h7-8,11-15H,3-6,9-10H2,1-2H3. The van der Waals surface area contributed by atoms with Gasteiger partial charge >= 0.3 is 0 Å². The van der Waals surface area contributed by atoms with E-state index in [0.29, 0.717) is 24.5 Å². The quantitative estimate of drug-likeness (QED) is 0.533. The average Bonchev–Trinajstić information content (AvgIpc) is 2.75. The molecule has 5 heteroatoms. The van der Waals surface area contributed by atoms with E-state index in [9.17, 15) is 4.79 Å². The predicted molar refractivity (Wildman–Crippen MR) is 118 cm³/mol. The smallest absolute Gasteiger partial charge is 0.258 e. The Hall–Kier alpha value is -2.59. The summed E-state index contributed by atoms with van der Waals surface area (Å²) in [7, 11) is 0. The first kappa shape index (κ1) is 19.7. The van der Waals surface area contributed by atoms with Crippen LogP contribution >= 0.6 is 11.6 Å². The van der Waals surface area contributed by atoms with Gasteiger partial charge in [0, 0.05) is 23.2 Å². The second-order valence-corrected chi connectivity index (χ2v) is 7.62. The Morgan fingerprint density at radius 2 is 1.93 bits per heavy atom. The van der Waals surface area contributed by atoms with Crippen LogP contribution in [-0.4, -0.2) is 24.0 Å². The second-order valence-electron chi connectivity index (χ2n) is 7.24. The van der Waals surface area contributed by atoms with Gasteiger partial charge in [-0.05, 0) is 69.4 Å². The van der Waals surface area contributed by atoms with Gasteiger partial charge in [0.15, 0.2) is 0 Å². The Labute approximate surface area is 176 Å². The molecule has 3 aromatic rings. The lowest BCUT2D eigenvalue weighted by Crippen LogP contribution is -2.31. The van der Waals surface area contributed by atoms with Gasteiger partial charge in [-0.2, -0.15) is 0 Å². The molecule has 0 aliphatic heterocycles. The van der Waals surface area contributed by atoms with Gasteiger partial charge in [-0.25, -0.2) is 0 Å². The maximum Gasteiger partial charge on any atom is 0.258 e.